The van der Waals surface area contributed by atoms with Crippen LogP contribution in [0, 0.1) is 11.3 Å². The van der Waals surface area contributed by atoms with E-state index in [1.807, 2.05) is 12.1 Å². The fourth-order valence-corrected chi connectivity index (χ4v) is 1.99. The SMILES string of the molecule is CC(=O)c1cc(Cl)ccc1OCc1ccccc1C#N. The van der Waals surface area contributed by atoms with Crippen LogP contribution in [0.3, 0.4) is 0 Å². The average molecular weight is 286 g/mol. The zero-order chi connectivity index (χ0) is 14.5. The minimum atomic E-state index is -0.115. The largest absolute Gasteiger partial charge is 0.488 e. The van der Waals surface area contributed by atoms with E-state index >= 15 is 0 Å². The highest BCUT2D eigenvalue weighted by atomic mass is 35.5. The van der Waals surface area contributed by atoms with Gasteiger partial charge in [-0.25, -0.2) is 0 Å². The third kappa shape index (κ3) is 3.17. The van der Waals surface area contributed by atoms with Crippen molar-refractivity contribution in [1.29, 1.82) is 5.26 Å². The Morgan fingerprint density at radius 2 is 2.05 bits per heavy atom. The second-order valence-corrected chi connectivity index (χ2v) is 4.69. The lowest BCUT2D eigenvalue weighted by molar-refractivity contribution is 0.101. The molecular formula is C16H12ClNO2. The molecule has 3 nitrogen and oxygen atoms in total. The molecule has 0 saturated heterocycles. The molecule has 0 aliphatic heterocycles. The number of benzene rings is 2. The number of Topliss-reactive ketones (excluding diaryl/α,β-unsaturated/α-hetero) is 1. The van der Waals surface area contributed by atoms with E-state index in [1.165, 1.54) is 6.92 Å². The van der Waals surface area contributed by atoms with Gasteiger partial charge in [-0.2, -0.15) is 5.26 Å². The van der Waals surface area contributed by atoms with Gasteiger partial charge in [-0.1, -0.05) is 29.8 Å². The first kappa shape index (κ1) is 14.1. The first-order valence-corrected chi connectivity index (χ1v) is 6.41. The van der Waals surface area contributed by atoms with Crippen molar-refractivity contribution in [2.45, 2.75) is 13.5 Å². The molecule has 0 aliphatic carbocycles. The number of nitrogens with zero attached hydrogens (tertiary/aromatic N) is 1. The van der Waals surface area contributed by atoms with Gasteiger partial charge >= 0.3 is 0 Å². The van der Waals surface area contributed by atoms with Crippen molar-refractivity contribution in [3.63, 3.8) is 0 Å². The molecule has 0 saturated carbocycles. The molecule has 0 aromatic heterocycles. The van der Waals surface area contributed by atoms with Crippen LogP contribution < -0.4 is 4.74 Å². The maximum atomic E-state index is 11.6. The van der Waals surface area contributed by atoms with Crippen LogP contribution in [-0.2, 0) is 6.61 Å². The van der Waals surface area contributed by atoms with Gasteiger partial charge in [-0.05, 0) is 31.2 Å². The summed E-state index contributed by atoms with van der Waals surface area (Å²) in [5.74, 6) is 0.353. The molecule has 0 amide bonds. The summed E-state index contributed by atoms with van der Waals surface area (Å²) in [5.41, 5.74) is 1.78. The molecule has 0 bridgehead atoms. The first-order chi connectivity index (χ1) is 9.61. The molecule has 2 aromatic rings. The molecule has 0 fully saturated rings. The number of hydrogen-bond donors (Lipinski definition) is 0. The number of carbonyl (C=O) groups excluding carboxylic acids is 1. The minimum absolute atomic E-state index is 0.115. The van der Waals surface area contributed by atoms with Gasteiger partial charge in [-0.15, -0.1) is 0 Å². The van der Waals surface area contributed by atoms with Crippen molar-refractivity contribution in [3.05, 3.63) is 64.2 Å². The molecular weight excluding hydrogens is 274 g/mol. The van der Waals surface area contributed by atoms with Crippen LogP contribution in [0.1, 0.15) is 28.4 Å². The van der Waals surface area contributed by atoms with Gasteiger partial charge in [0.25, 0.3) is 0 Å². The van der Waals surface area contributed by atoms with E-state index in [1.54, 1.807) is 30.3 Å². The lowest BCUT2D eigenvalue weighted by Crippen LogP contribution is -2.03. The molecule has 0 atom stereocenters. The maximum absolute atomic E-state index is 11.6. The van der Waals surface area contributed by atoms with Crippen molar-refractivity contribution in [2.75, 3.05) is 0 Å². The quantitative estimate of drug-likeness (QED) is 0.798. The number of carbonyl (C=O) groups is 1. The third-order valence-electron chi connectivity index (χ3n) is 2.84. The highest BCUT2D eigenvalue weighted by Gasteiger charge is 2.10. The fraction of sp³-hybridized carbons (Fsp3) is 0.125. The zero-order valence-corrected chi connectivity index (χ0v) is 11.6. The first-order valence-electron chi connectivity index (χ1n) is 6.03. The Bertz CT molecular complexity index is 689. The average Bonchev–Trinajstić information content (AvgIpc) is 2.46. The molecule has 2 aromatic carbocycles. The van der Waals surface area contributed by atoms with Crippen LogP contribution in [0.25, 0.3) is 0 Å². The smallest absolute Gasteiger partial charge is 0.163 e. The molecule has 0 heterocycles. The normalized spacial score (nSPS) is 9.85. The van der Waals surface area contributed by atoms with Crippen molar-refractivity contribution in [2.24, 2.45) is 0 Å². The molecule has 0 spiro atoms. The summed E-state index contributed by atoms with van der Waals surface area (Å²) in [4.78, 5) is 11.6. The highest BCUT2D eigenvalue weighted by molar-refractivity contribution is 6.31. The van der Waals surface area contributed by atoms with E-state index in [0.717, 1.165) is 5.56 Å². The standard InChI is InChI=1S/C16H12ClNO2/c1-11(19)15-8-14(17)6-7-16(15)20-10-13-5-3-2-4-12(13)9-18/h2-8H,10H2,1H3. The molecule has 0 N–H and O–H groups in total. The molecule has 0 radical (unpaired) electrons. The van der Waals surface area contributed by atoms with E-state index < -0.39 is 0 Å². The Balaban J connectivity index is 2.24. The Labute approximate surface area is 122 Å². The lowest BCUT2D eigenvalue weighted by Gasteiger charge is -2.11. The van der Waals surface area contributed by atoms with Crippen molar-refractivity contribution in [3.8, 4) is 11.8 Å². The molecule has 4 heteroatoms. The van der Waals surface area contributed by atoms with E-state index in [4.69, 9.17) is 21.6 Å². The van der Waals surface area contributed by atoms with E-state index in [2.05, 4.69) is 6.07 Å². The summed E-state index contributed by atoms with van der Waals surface area (Å²) < 4.78 is 5.65. The Hall–Kier alpha value is -2.31. The van der Waals surface area contributed by atoms with Gasteiger partial charge in [0.05, 0.1) is 17.2 Å². The van der Waals surface area contributed by atoms with Crippen LogP contribution >= 0.6 is 11.6 Å². The number of rotatable bonds is 4. The number of hydrogen-bond acceptors (Lipinski definition) is 3. The van der Waals surface area contributed by atoms with Crippen LogP contribution in [0.15, 0.2) is 42.5 Å². The minimum Gasteiger partial charge on any atom is -0.488 e. The zero-order valence-electron chi connectivity index (χ0n) is 10.9. The Morgan fingerprint density at radius 3 is 2.75 bits per heavy atom. The van der Waals surface area contributed by atoms with Crippen LogP contribution in [-0.4, -0.2) is 5.78 Å². The van der Waals surface area contributed by atoms with Gasteiger partial charge in [0.15, 0.2) is 5.78 Å². The number of ether oxygens (including phenoxy) is 1. The number of halogens is 1. The maximum Gasteiger partial charge on any atom is 0.163 e. The summed E-state index contributed by atoms with van der Waals surface area (Å²) in [7, 11) is 0. The molecule has 100 valence electrons. The summed E-state index contributed by atoms with van der Waals surface area (Å²) in [6, 6.07) is 14.2. The van der Waals surface area contributed by atoms with Gasteiger partial charge in [0.2, 0.25) is 0 Å². The van der Waals surface area contributed by atoms with E-state index in [9.17, 15) is 4.79 Å². The van der Waals surface area contributed by atoms with Crippen molar-refractivity contribution < 1.29 is 9.53 Å². The fourth-order valence-electron chi connectivity index (χ4n) is 1.81. The summed E-state index contributed by atoms with van der Waals surface area (Å²) >= 11 is 5.87. The van der Waals surface area contributed by atoms with Gasteiger partial charge in [0.1, 0.15) is 12.4 Å². The molecule has 2 rings (SSSR count). The number of nitriles is 1. The predicted molar refractivity (Wildman–Crippen MR) is 76.9 cm³/mol. The van der Waals surface area contributed by atoms with Crippen molar-refractivity contribution in [1.82, 2.24) is 0 Å². The monoisotopic (exact) mass is 285 g/mol. The van der Waals surface area contributed by atoms with Gasteiger partial charge in [0, 0.05) is 10.6 Å². The molecule has 20 heavy (non-hydrogen) atoms. The van der Waals surface area contributed by atoms with Crippen LogP contribution in [0.2, 0.25) is 5.02 Å². The molecule has 0 aliphatic rings. The summed E-state index contributed by atoms with van der Waals surface area (Å²) in [5, 5.41) is 9.50. The van der Waals surface area contributed by atoms with Gasteiger partial charge in [-0.3, -0.25) is 4.79 Å². The third-order valence-corrected chi connectivity index (χ3v) is 3.08. The van der Waals surface area contributed by atoms with E-state index in [-0.39, 0.29) is 12.4 Å². The predicted octanol–water partition coefficient (Wildman–Crippen LogP) is 3.99. The highest BCUT2D eigenvalue weighted by Crippen LogP contribution is 2.24. The van der Waals surface area contributed by atoms with Crippen molar-refractivity contribution >= 4 is 17.4 Å². The van der Waals surface area contributed by atoms with E-state index in [0.29, 0.717) is 21.9 Å². The molecule has 0 unspecified atom stereocenters. The summed E-state index contributed by atoms with van der Waals surface area (Å²) in [6.45, 7) is 1.69. The summed E-state index contributed by atoms with van der Waals surface area (Å²) in [6.07, 6.45) is 0. The Kier molecular flexibility index (Phi) is 4.39. The lowest BCUT2D eigenvalue weighted by atomic mass is 10.1. The topological polar surface area (TPSA) is 50.1 Å². The Morgan fingerprint density at radius 1 is 1.30 bits per heavy atom. The number of ketones is 1. The second kappa shape index (κ2) is 6.23. The van der Waals surface area contributed by atoms with Gasteiger partial charge < -0.3 is 4.74 Å². The van der Waals surface area contributed by atoms with Crippen LogP contribution in [0.5, 0.6) is 5.75 Å². The van der Waals surface area contributed by atoms with Crippen LogP contribution in [0.4, 0.5) is 0 Å². The second-order valence-electron chi connectivity index (χ2n) is 4.25.